The van der Waals surface area contributed by atoms with Crippen LogP contribution in [0.25, 0.3) is 77.2 Å². The molecule has 0 saturated heterocycles. The van der Waals surface area contributed by atoms with Gasteiger partial charge in [0.05, 0.1) is 78.5 Å². The summed E-state index contributed by atoms with van der Waals surface area (Å²) >= 11 is 0. The van der Waals surface area contributed by atoms with Crippen molar-refractivity contribution in [3.05, 3.63) is 166 Å². The molecule has 0 amide bonds. The maximum Gasteiger partial charge on any atom is 0.417 e. The topological polar surface area (TPSA) is 33.6 Å². The van der Waals surface area contributed by atoms with Gasteiger partial charge in [0.1, 0.15) is 0 Å². The first-order chi connectivity index (χ1) is 32.5. The van der Waals surface area contributed by atoms with Gasteiger partial charge in [-0.2, -0.15) is 84.3 Å². The average molecular weight is 994 g/mol. The molecule has 70 heavy (non-hydrogen) atoms. The fraction of sp³-hybridized carbons (Fsp3) is 0.122. The van der Waals surface area contributed by atoms with Gasteiger partial charge in [-0.25, -0.2) is 0 Å². The molecular formula is C49H21F18N3. The van der Waals surface area contributed by atoms with E-state index in [1.165, 1.54) is 12.1 Å². The normalized spacial score (nSPS) is 13.3. The van der Waals surface area contributed by atoms with Gasteiger partial charge in [-0.15, -0.1) is 0 Å². The van der Waals surface area contributed by atoms with E-state index in [2.05, 4.69) is 0 Å². The summed E-state index contributed by atoms with van der Waals surface area (Å²) in [5.41, 5.74) is -14.5. The van der Waals surface area contributed by atoms with Crippen LogP contribution in [0.5, 0.6) is 0 Å². The van der Waals surface area contributed by atoms with Crippen LogP contribution in [0, 0.1) is 11.3 Å². The first kappa shape index (κ1) is 47.4. The Hall–Kier alpha value is -7.63. The van der Waals surface area contributed by atoms with Gasteiger partial charge in [-0.05, 0) is 115 Å². The predicted molar refractivity (Wildman–Crippen MR) is 221 cm³/mol. The maximum absolute atomic E-state index is 14.8. The van der Waals surface area contributed by atoms with Crippen molar-refractivity contribution in [1.82, 2.24) is 9.13 Å². The molecule has 7 aromatic carbocycles. The molecule has 0 fully saturated rings. The van der Waals surface area contributed by atoms with Gasteiger partial charge in [0.25, 0.3) is 0 Å². The van der Waals surface area contributed by atoms with Crippen LogP contribution in [0.4, 0.5) is 79.0 Å². The number of rotatable bonds is 4. The molecule has 2 aromatic heterocycles. The zero-order chi connectivity index (χ0) is 50.8. The number of fused-ring (bicyclic) bond motifs is 6. The summed E-state index contributed by atoms with van der Waals surface area (Å²) in [6.45, 7) is 0. The van der Waals surface area contributed by atoms with E-state index < -0.39 is 120 Å². The van der Waals surface area contributed by atoms with E-state index in [4.69, 9.17) is 0 Å². The Labute approximate surface area is 379 Å². The number of hydrogen-bond acceptors (Lipinski definition) is 1. The van der Waals surface area contributed by atoms with Gasteiger partial charge in [0.15, 0.2) is 0 Å². The van der Waals surface area contributed by atoms with Crippen molar-refractivity contribution >= 4 is 43.6 Å². The van der Waals surface area contributed by atoms with Gasteiger partial charge in [-0.3, -0.25) is 0 Å². The van der Waals surface area contributed by atoms with Gasteiger partial charge in [0.2, 0.25) is 0 Å². The van der Waals surface area contributed by atoms with Gasteiger partial charge < -0.3 is 9.13 Å². The van der Waals surface area contributed by atoms with Crippen LogP contribution in [0.1, 0.15) is 38.9 Å². The Bertz CT molecular complexity index is 3470. The molecule has 2 heterocycles. The molecule has 0 unspecified atom stereocenters. The summed E-state index contributed by atoms with van der Waals surface area (Å²) in [4.78, 5) is 0. The van der Waals surface area contributed by atoms with E-state index in [0.29, 0.717) is 66.7 Å². The Morgan fingerprint density at radius 2 is 0.700 bits per heavy atom. The largest absolute Gasteiger partial charge is 0.417 e. The number of nitrogens with zero attached hydrogens (tertiary/aromatic N) is 3. The molecule has 9 rings (SSSR count). The average Bonchev–Trinajstić information content (AvgIpc) is 3.78. The summed E-state index contributed by atoms with van der Waals surface area (Å²) < 4.78 is 261. The van der Waals surface area contributed by atoms with Crippen molar-refractivity contribution in [2.75, 3.05) is 0 Å². The van der Waals surface area contributed by atoms with Crippen LogP contribution in [0.2, 0.25) is 0 Å². The van der Waals surface area contributed by atoms with Crippen molar-refractivity contribution in [1.29, 1.82) is 5.26 Å². The Morgan fingerprint density at radius 1 is 0.343 bits per heavy atom. The fourth-order valence-corrected chi connectivity index (χ4v) is 8.80. The maximum atomic E-state index is 14.8. The van der Waals surface area contributed by atoms with Crippen molar-refractivity contribution in [2.24, 2.45) is 0 Å². The molecule has 0 atom stereocenters. The number of alkyl halides is 18. The first-order valence-corrected chi connectivity index (χ1v) is 19.9. The van der Waals surface area contributed by atoms with Crippen molar-refractivity contribution < 1.29 is 79.0 Å². The van der Waals surface area contributed by atoms with E-state index in [9.17, 15) is 84.3 Å². The molecule has 0 bridgehead atoms. The highest BCUT2D eigenvalue weighted by molar-refractivity contribution is 6.12. The van der Waals surface area contributed by atoms with Gasteiger partial charge >= 0.3 is 37.1 Å². The second-order valence-electron chi connectivity index (χ2n) is 15.9. The van der Waals surface area contributed by atoms with Crippen LogP contribution < -0.4 is 0 Å². The monoisotopic (exact) mass is 993 g/mol. The Kier molecular flexibility index (Phi) is 10.6. The molecule has 0 spiro atoms. The minimum Gasteiger partial charge on any atom is -0.309 e. The fourth-order valence-electron chi connectivity index (χ4n) is 8.80. The summed E-state index contributed by atoms with van der Waals surface area (Å²) in [6.07, 6.45) is -31.2. The zero-order valence-electron chi connectivity index (χ0n) is 34.3. The molecule has 358 valence electrons. The molecule has 0 saturated carbocycles. The van der Waals surface area contributed by atoms with Crippen LogP contribution >= 0.6 is 0 Å². The molecule has 3 nitrogen and oxygen atoms in total. The third-order valence-corrected chi connectivity index (χ3v) is 11.7. The number of hydrogen-bond donors (Lipinski definition) is 0. The smallest absolute Gasteiger partial charge is 0.309 e. The van der Waals surface area contributed by atoms with Crippen LogP contribution in [-0.4, -0.2) is 9.13 Å². The zero-order valence-corrected chi connectivity index (χ0v) is 34.3. The number of aromatic nitrogens is 2. The van der Waals surface area contributed by atoms with Crippen LogP contribution in [0.3, 0.4) is 0 Å². The molecule has 0 aliphatic rings. The van der Waals surface area contributed by atoms with Gasteiger partial charge in [0, 0.05) is 38.2 Å². The summed E-state index contributed by atoms with van der Waals surface area (Å²) in [7, 11) is 0. The number of nitriles is 1. The third-order valence-electron chi connectivity index (χ3n) is 11.7. The van der Waals surface area contributed by atoms with Crippen molar-refractivity contribution in [3.63, 3.8) is 0 Å². The predicted octanol–water partition coefficient (Wildman–Crippen LogP) is 17.2. The number of benzene rings is 7. The molecule has 21 heteroatoms. The Morgan fingerprint density at radius 3 is 1.04 bits per heavy atom. The lowest BCUT2D eigenvalue weighted by molar-refractivity contribution is -0.142. The second-order valence-corrected chi connectivity index (χ2v) is 15.9. The molecule has 0 aliphatic carbocycles. The van der Waals surface area contributed by atoms with E-state index in [0.717, 1.165) is 57.7 Å². The van der Waals surface area contributed by atoms with Crippen LogP contribution in [-0.2, 0) is 37.1 Å². The van der Waals surface area contributed by atoms with E-state index in [1.807, 2.05) is 6.07 Å². The standard InChI is InChI=1S/C49H21F18N3/c50-44(51,52)25-8-13-36-29(18-25)30-19-26(45(53,54)55)9-14-37(30)69(36)40-12-7-23(43-34(48(62,63)64)4-2-5-35(43)49(65,66)67)17-33(40)42-24(22-68)3-1-6-41(42)70-38-15-10-27(46(56,57)58)20-31(38)32-21-28(47(59,60)61)11-16-39(32)70/h1-21H. The minimum atomic E-state index is -5.47. The van der Waals surface area contributed by atoms with E-state index in [-0.39, 0.29) is 33.4 Å². The van der Waals surface area contributed by atoms with Crippen molar-refractivity contribution in [3.8, 4) is 39.7 Å². The summed E-state index contributed by atoms with van der Waals surface area (Å²) in [5, 5.41) is 8.91. The first-order valence-electron chi connectivity index (χ1n) is 19.9. The lowest BCUT2D eigenvalue weighted by atomic mass is 9.89. The lowest BCUT2D eigenvalue weighted by Crippen LogP contribution is -2.14. The quantitative estimate of drug-likeness (QED) is 0.162. The van der Waals surface area contributed by atoms with Crippen LogP contribution in [0.15, 0.2) is 127 Å². The Balaban J connectivity index is 1.48. The molecule has 0 radical (unpaired) electrons. The minimum absolute atomic E-state index is 0.255. The second kappa shape index (κ2) is 15.7. The molecule has 0 N–H and O–H groups in total. The SMILES string of the molecule is N#Cc1cccc(-n2c3ccc(C(F)(F)F)cc3c3cc(C(F)(F)F)ccc32)c1-c1cc(-c2c(C(F)(F)F)cccc2C(F)(F)F)ccc1-n1c2ccc(C(F)(F)F)cc2c2cc(C(F)(F)F)ccc21. The van der Waals surface area contributed by atoms with Crippen molar-refractivity contribution in [2.45, 2.75) is 37.1 Å². The van der Waals surface area contributed by atoms with E-state index in [1.54, 1.807) is 0 Å². The highest BCUT2D eigenvalue weighted by atomic mass is 19.4. The lowest BCUT2D eigenvalue weighted by Gasteiger charge is -2.23. The summed E-state index contributed by atoms with van der Waals surface area (Å²) in [5.74, 6) is 0. The third kappa shape index (κ3) is 7.97. The highest BCUT2D eigenvalue weighted by Crippen LogP contribution is 2.50. The van der Waals surface area contributed by atoms with Gasteiger partial charge in [-0.1, -0.05) is 18.2 Å². The highest BCUT2D eigenvalue weighted by Gasteiger charge is 2.42. The molecule has 0 aliphatic heterocycles. The summed E-state index contributed by atoms with van der Waals surface area (Å²) in [6, 6.07) is 16.8. The molecular weight excluding hydrogens is 973 g/mol. The van der Waals surface area contributed by atoms with E-state index >= 15 is 0 Å². The molecule has 9 aromatic rings. The number of halogens is 18.